The summed E-state index contributed by atoms with van der Waals surface area (Å²) in [7, 11) is 0. The van der Waals surface area contributed by atoms with E-state index in [0.717, 1.165) is 43.8 Å². The van der Waals surface area contributed by atoms with Gasteiger partial charge < -0.3 is 4.90 Å². The molecule has 2 aliphatic rings. The lowest BCUT2D eigenvalue weighted by molar-refractivity contribution is -0.143. The molecule has 144 valence electrons. The van der Waals surface area contributed by atoms with Gasteiger partial charge in [-0.05, 0) is 31.9 Å². The van der Waals surface area contributed by atoms with Crippen molar-refractivity contribution in [3.63, 3.8) is 0 Å². The second-order valence-electron chi connectivity index (χ2n) is 7.15. The molecule has 0 unspecified atom stereocenters. The van der Waals surface area contributed by atoms with Crippen molar-refractivity contribution < 1.29 is 18.0 Å². The third-order valence-electron chi connectivity index (χ3n) is 5.39. The molecule has 0 aliphatic carbocycles. The third-order valence-corrected chi connectivity index (χ3v) is 6.33. The predicted octanol–water partition coefficient (Wildman–Crippen LogP) is 4.02. The van der Waals surface area contributed by atoms with Gasteiger partial charge in [-0.2, -0.15) is 13.2 Å². The van der Waals surface area contributed by atoms with E-state index in [0.29, 0.717) is 23.2 Å². The van der Waals surface area contributed by atoms with Gasteiger partial charge in [0.25, 0.3) is 0 Å². The summed E-state index contributed by atoms with van der Waals surface area (Å²) in [4.78, 5) is 21.3. The van der Waals surface area contributed by atoms with Crippen molar-refractivity contribution in [2.24, 2.45) is 0 Å². The lowest BCUT2D eigenvalue weighted by Gasteiger charge is -2.41. The van der Waals surface area contributed by atoms with Crippen LogP contribution < -0.4 is 0 Å². The number of nitrogens with zero attached hydrogens (tertiary/aromatic N) is 3. The first kappa shape index (κ1) is 18.4. The predicted molar refractivity (Wildman–Crippen MR) is 97.2 cm³/mol. The molecule has 0 radical (unpaired) electrons. The summed E-state index contributed by atoms with van der Waals surface area (Å²) < 4.78 is 38.1. The van der Waals surface area contributed by atoms with Gasteiger partial charge in [0.05, 0.1) is 17.3 Å². The van der Waals surface area contributed by atoms with Crippen LogP contribution in [0.4, 0.5) is 13.2 Å². The van der Waals surface area contributed by atoms with Crippen molar-refractivity contribution in [1.29, 1.82) is 0 Å². The van der Waals surface area contributed by atoms with Crippen molar-refractivity contribution in [2.75, 3.05) is 13.1 Å². The number of hydrogen-bond donors (Lipinski definition) is 0. The van der Waals surface area contributed by atoms with E-state index >= 15 is 0 Å². The number of hydrogen-bond acceptors (Lipinski definition) is 4. The number of thiazole rings is 1. The molecule has 0 N–H and O–H groups in total. The number of piperazine rings is 1. The largest absolute Gasteiger partial charge is 0.416 e. The molecule has 0 spiro atoms. The molecule has 4 rings (SSSR count). The Morgan fingerprint density at radius 2 is 2.00 bits per heavy atom. The molecule has 2 fully saturated rings. The van der Waals surface area contributed by atoms with E-state index in [1.807, 2.05) is 17.2 Å². The molecule has 3 heterocycles. The topological polar surface area (TPSA) is 36.4 Å². The number of fused-ring (bicyclic) bond motifs is 1. The van der Waals surface area contributed by atoms with E-state index in [1.165, 1.54) is 23.5 Å². The molecular weight excluding hydrogens is 375 g/mol. The van der Waals surface area contributed by atoms with Crippen molar-refractivity contribution >= 4 is 17.2 Å². The number of halogens is 3. The van der Waals surface area contributed by atoms with Crippen molar-refractivity contribution in [1.82, 2.24) is 14.8 Å². The minimum atomic E-state index is -4.34. The maximum atomic E-state index is 12.7. The Hall–Kier alpha value is -1.93. The number of carbonyl (C=O) groups excluding carboxylic acids is 1. The first-order valence-electron chi connectivity index (χ1n) is 8.99. The molecule has 2 saturated heterocycles. The van der Waals surface area contributed by atoms with Gasteiger partial charge in [-0.25, -0.2) is 4.98 Å². The SMILES string of the molecule is C[C@H]1C(=O)N2CCC[C@@H]2CN1Cc1csc(-c2ccc(C(F)(F)F)cc2)n1. The van der Waals surface area contributed by atoms with Crippen LogP contribution in [-0.4, -0.2) is 45.9 Å². The fourth-order valence-electron chi connectivity index (χ4n) is 3.86. The van der Waals surface area contributed by atoms with Crippen LogP contribution in [0.15, 0.2) is 29.6 Å². The van der Waals surface area contributed by atoms with E-state index in [9.17, 15) is 18.0 Å². The molecule has 1 amide bonds. The van der Waals surface area contributed by atoms with Crippen molar-refractivity contribution in [3.8, 4) is 10.6 Å². The fraction of sp³-hybridized carbons (Fsp3) is 0.474. The zero-order chi connectivity index (χ0) is 19.2. The molecule has 1 aromatic heterocycles. The van der Waals surface area contributed by atoms with Crippen LogP contribution in [0, 0.1) is 0 Å². The number of carbonyl (C=O) groups is 1. The van der Waals surface area contributed by atoms with Gasteiger partial charge in [0.1, 0.15) is 5.01 Å². The number of alkyl halides is 3. The third kappa shape index (κ3) is 3.60. The molecule has 0 bridgehead atoms. The molecule has 27 heavy (non-hydrogen) atoms. The van der Waals surface area contributed by atoms with Gasteiger partial charge in [0.15, 0.2) is 0 Å². The molecule has 2 aliphatic heterocycles. The van der Waals surface area contributed by atoms with E-state index in [4.69, 9.17) is 0 Å². The lowest BCUT2D eigenvalue weighted by Crippen LogP contribution is -2.58. The maximum Gasteiger partial charge on any atom is 0.416 e. The molecule has 8 heteroatoms. The van der Waals surface area contributed by atoms with Crippen LogP contribution in [0.5, 0.6) is 0 Å². The number of amides is 1. The van der Waals surface area contributed by atoms with E-state index in [-0.39, 0.29) is 11.9 Å². The second-order valence-corrected chi connectivity index (χ2v) is 8.01. The first-order valence-corrected chi connectivity index (χ1v) is 9.87. The molecule has 2 atom stereocenters. The highest BCUT2D eigenvalue weighted by atomic mass is 32.1. The van der Waals surface area contributed by atoms with Gasteiger partial charge in [0, 0.05) is 36.6 Å². The Kier molecular flexibility index (Phi) is 4.71. The summed E-state index contributed by atoms with van der Waals surface area (Å²) in [5.41, 5.74) is 0.856. The molecule has 4 nitrogen and oxygen atoms in total. The van der Waals surface area contributed by atoms with E-state index in [1.54, 1.807) is 0 Å². The Bertz CT molecular complexity index is 833. The Labute approximate surface area is 159 Å². The van der Waals surface area contributed by atoms with E-state index in [2.05, 4.69) is 9.88 Å². The lowest BCUT2D eigenvalue weighted by atomic mass is 10.1. The first-order chi connectivity index (χ1) is 12.8. The van der Waals surface area contributed by atoms with Gasteiger partial charge in [-0.1, -0.05) is 12.1 Å². The summed E-state index contributed by atoms with van der Waals surface area (Å²) in [6, 6.07) is 5.19. The normalized spacial score (nSPS) is 23.7. The Balaban J connectivity index is 1.47. The zero-order valence-electron chi connectivity index (χ0n) is 14.9. The average molecular weight is 395 g/mol. The zero-order valence-corrected chi connectivity index (χ0v) is 15.7. The minimum absolute atomic E-state index is 0.171. The van der Waals surface area contributed by atoms with Crippen LogP contribution >= 0.6 is 11.3 Å². The number of rotatable bonds is 3. The highest BCUT2D eigenvalue weighted by Crippen LogP contribution is 2.32. The van der Waals surface area contributed by atoms with Crippen LogP contribution in [-0.2, 0) is 17.5 Å². The van der Waals surface area contributed by atoms with Gasteiger partial charge >= 0.3 is 6.18 Å². The summed E-state index contributed by atoms with van der Waals surface area (Å²) in [5.74, 6) is 0.182. The summed E-state index contributed by atoms with van der Waals surface area (Å²) in [5, 5.41) is 2.61. The Morgan fingerprint density at radius 3 is 2.70 bits per heavy atom. The quantitative estimate of drug-likeness (QED) is 0.788. The van der Waals surface area contributed by atoms with Crippen LogP contribution in [0.1, 0.15) is 31.0 Å². The number of benzene rings is 1. The van der Waals surface area contributed by atoms with Crippen LogP contribution in [0.2, 0.25) is 0 Å². The van der Waals surface area contributed by atoms with Gasteiger partial charge in [-0.15, -0.1) is 11.3 Å². The molecule has 2 aromatic rings. The van der Waals surface area contributed by atoms with Crippen molar-refractivity contribution in [3.05, 3.63) is 40.9 Å². The monoisotopic (exact) mass is 395 g/mol. The fourth-order valence-corrected chi connectivity index (χ4v) is 4.68. The van der Waals surface area contributed by atoms with E-state index < -0.39 is 11.7 Å². The smallest absolute Gasteiger partial charge is 0.337 e. The molecule has 0 saturated carbocycles. The average Bonchev–Trinajstić information content (AvgIpc) is 3.28. The molecular formula is C19H20F3N3OS. The summed E-state index contributed by atoms with van der Waals surface area (Å²) in [6.45, 7) is 4.21. The van der Waals surface area contributed by atoms with Crippen LogP contribution in [0.3, 0.4) is 0 Å². The standard InChI is InChI=1S/C19H20F3N3OS/c1-12-18(26)25-8-2-3-16(25)10-24(12)9-15-11-27-17(23-15)13-4-6-14(7-5-13)19(20,21)22/h4-7,11-12,16H,2-3,8-10H2,1H3/t12-,16+/m0/s1. The number of aromatic nitrogens is 1. The van der Waals surface area contributed by atoms with Gasteiger partial charge in [0.2, 0.25) is 5.91 Å². The maximum absolute atomic E-state index is 12.7. The van der Waals surface area contributed by atoms with Gasteiger partial charge in [-0.3, -0.25) is 9.69 Å². The second kappa shape index (κ2) is 6.91. The highest BCUT2D eigenvalue weighted by Gasteiger charge is 2.40. The summed E-state index contributed by atoms with van der Waals surface area (Å²) >= 11 is 1.41. The minimum Gasteiger partial charge on any atom is -0.337 e. The van der Waals surface area contributed by atoms with Crippen LogP contribution in [0.25, 0.3) is 10.6 Å². The molecule has 1 aromatic carbocycles. The highest BCUT2D eigenvalue weighted by molar-refractivity contribution is 7.13. The van der Waals surface area contributed by atoms with Crippen molar-refractivity contribution in [2.45, 2.75) is 44.6 Å². The Morgan fingerprint density at radius 1 is 1.26 bits per heavy atom. The summed E-state index contributed by atoms with van der Waals surface area (Å²) in [6.07, 6.45) is -2.23.